The summed E-state index contributed by atoms with van der Waals surface area (Å²) in [7, 11) is -3.08. The average Bonchev–Trinajstić information content (AvgIpc) is 2.39. The Bertz CT molecular complexity index is 448. The van der Waals surface area contributed by atoms with E-state index in [1.807, 2.05) is 25.1 Å². The zero-order chi connectivity index (χ0) is 15.0. The number of hydrogen-bond donors (Lipinski definition) is 0. The third-order valence-corrected chi connectivity index (χ3v) is 5.19. The van der Waals surface area contributed by atoms with E-state index in [4.69, 9.17) is 9.05 Å². The first-order valence-electron chi connectivity index (χ1n) is 6.97. The molecule has 0 fully saturated rings. The van der Waals surface area contributed by atoms with Crippen LogP contribution in [0.1, 0.15) is 37.6 Å². The third kappa shape index (κ3) is 5.58. The summed E-state index contributed by atoms with van der Waals surface area (Å²) in [5.41, 5.74) is 0.682. The summed E-state index contributed by atoms with van der Waals surface area (Å²) in [4.78, 5) is 12.1. The molecule has 1 aromatic rings. The van der Waals surface area contributed by atoms with Gasteiger partial charge >= 0.3 is 7.60 Å². The number of Topliss-reactive ketones (excluding diaryl/α,β-unsaturated/α-hetero) is 1. The van der Waals surface area contributed by atoms with Gasteiger partial charge in [0.1, 0.15) is 0 Å². The van der Waals surface area contributed by atoms with Crippen molar-refractivity contribution in [1.82, 2.24) is 0 Å². The third-order valence-electron chi connectivity index (χ3n) is 2.82. The second-order valence-corrected chi connectivity index (χ2v) is 6.83. The minimum atomic E-state index is -3.08. The Morgan fingerprint density at radius 2 is 1.70 bits per heavy atom. The van der Waals surface area contributed by atoms with Crippen LogP contribution in [0.5, 0.6) is 0 Å². The standard InChI is InChI=1S/C15H23O4P/c1-4-18-20(17,19-5-2)12-13(3)11-15(16)14-9-7-6-8-10-14/h6-10,13H,4-5,11-12H2,1-3H3. The molecule has 4 nitrogen and oxygen atoms in total. The highest BCUT2D eigenvalue weighted by Crippen LogP contribution is 2.49. The SMILES string of the molecule is CCOP(=O)(CC(C)CC(=O)c1ccccc1)OCC. The molecule has 1 unspecified atom stereocenters. The number of carbonyl (C=O) groups is 1. The molecule has 0 saturated carbocycles. The predicted molar refractivity (Wildman–Crippen MR) is 80.3 cm³/mol. The van der Waals surface area contributed by atoms with Crippen LogP contribution in [0.25, 0.3) is 0 Å². The van der Waals surface area contributed by atoms with Crippen LogP contribution in [-0.4, -0.2) is 25.2 Å². The summed E-state index contributed by atoms with van der Waals surface area (Å²) < 4.78 is 22.9. The van der Waals surface area contributed by atoms with Gasteiger partial charge in [0.25, 0.3) is 0 Å². The smallest absolute Gasteiger partial charge is 0.309 e. The summed E-state index contributed by atoms with van der Waals surface area (Å²) in [6, 6.07) is 9.13. The molecule has 0 N–H and O–H groups in total. The molecule has 1 aromatic carbocycles. The lowest BCUT2D eigenvalue weighted by molar-refractivity contribution is 0.0967. The fraction of sp³-hybridized carbons (Fsp3) is 0.533. The van der Waals surface area contributed by atoms with Gasteiger partial charge in [-0.15, -0.1) is 0 Å². The predicted octanol–water partition coefficient (Wildman–Crippen LogP) is 4.16. The van der Waals surface area contributed by atoms with Crippen LogP contribution < -0.4 is 0 Å². The first-order valence-corrected chi connectivity index (χ1v) is 8.70. The summed E-state index contributed by atoms with van der Waals surface area (Å²) >= 11 is 0. The summed E-state index contributed by atoms with van der Waals surface area (Å²) in [6.45, 7) is 6.15. The Morgan fingerprint density at radius 1 is 1.15 bits per heavy atom. The van der Waals surface area contributed by atoms with E-state index in [1.165, 1.54) is 0 Å². The maximum absolute atomic E-state index is 12.4. The monoisotopic (exact) mass is 298 g/mol. The van der Waals surface area contributed by atoms with Crippen LogP contribution in [-0.2, 0) is 13.6 Å². The molecule has 0 heterocycles. The topological polar surface area (TPSA) is 52.6 Å². The van der Waals surface area contributed by atoms with Gasteiger partial charge in [0.2, 0.25) is 0 Å². The largest absolute Gasteiger partial charge is 0.330 e. The molecule has 112 valence electrons. The van der Waals surface area contributed by atoms with Gasteiger partial charge in [-0.3, -0.25) is 9.36 Å². The number of ketones is 1. The lowest BCUT2D eigenvalue weighted by atomic mass is 10.0. The van der Waals surface area contributed by atoms with Crippen molar-refractivity contribution >= 4 is 13.4 Å². The molecule has 1 atom stereocenters. The van der Waals surface area contributed by atoms with Gasteiger partial charge in [0, 0.05) is 12.0 Å². The van der Waals surface area contributed by atoms with E-state index < -0.39 is 7.60 Å². The Labute approximate surface area is 121 Å². The van der Waals surface area contributed by atoms with Crippen LogP contribution in [0.15, 0.2) is 30.3 Å². The van der Waals surface area contributed by atoms with Crippen molar-refractivity contribution < 1.29 is 18.4 Å². The fourth-order valence-electron chi connectivity index (χ4n) is 2.04. The highest BCUT2D eigenvalue weighted by atomic mass is 31.2. The maximum Gasteiger partial charge on any atom is 0.330 e. The molecule has 0 radical (unpaired) electrons. The van der Waals surface area contributed by atoms with Gasteiger partial charge in [-0.05, 0) is 19.8 Å². The zero-order valence-corrected chi connectivity index (χ0v) is 13.3. The molecule has 1 rings (SSSR count). The molecule has 0 aromatic heterocycles. The van der Waals surface area contributed by atoms with Gasteiger partial charge in [-0.2, -0.15) is 0 Å². The van der Waals surface area contributed by atoms with E-state index in [2.05, 4.69) is 0 Å². The Hall–Kier alpha value is -0.960. The van der Waals surface area contributed by atoms with E-state index in [-0.39, 0.29) is 17.9 Å². The van der Waals surface area contributed by atoms with Crippen molar-refractivity contribution in [2.75, 3.05) is 19.4 Å². The molecule has 0 aliphatic heterocycles. The minimum Gasteiger partial charge on any atom is -0.309 e. The van der Waals surface area contributed by atoms with Crippen LogP contribution in [0.2, 0.25) is 0 Å². The molecule has 0 saturated heterocycles. The van der Waals surface area contributed by atoms with E-state index in [0.717, 1.165) is 0 Å². The molecule has 5 heteroatoms. The van der Waals surface area contributed by atoms with E-state index in [9.17, 15) is 9.36 Å². The molecular weight excluding hydrogens is 275 g/mol. The highest BCUT2D eigenvalue weighted by molar-refractivity contribution is 7.53. The van der Waals surface area contributed by atoms with Crippen molar-refractivity contribution in [3.63, 3.8) is 0 Å². The fourth-order valence-corrected chi connectivity index (χ4v) is 4.01. The Morgan fingerprint density at radius 3 is 2.20 bits per heavy atom. The lowest BCUT2D eigenvalue weighted by Crippen LogP contribution is -2.12. The van der Waals surface area contributed by atoms with Gasteiger partial charge in [-0.25, -0.2) is 0 Å². The second-order valence-electron chi connectivity index (χ2n) is 4.73. The van der Waals surface area contributed by atoms with Crippen molar-refractivity contribution in [3.05, 3.63) is 35.9 Å². The van der Waals surface area contributed by atoms with E-state index >= 15 is 0 Å². The molecule has 0 aliphatic rings. The number of benzene rings is 1. The second kappa shape index (κ2) is 8.35. The molecular formula is C15H23O4P. The van der Waals surface area contributed by atoms with Gasteiger partial charge in [0.15, 0.2) is 5.78 Å². The van der Waals surface area contributed by atoms with E-state index in [0.29, 0.717) is 25.2 Å². The average molecular weight is 298 g/mol. The molecule has 0 aliphatic carbocycles. The Balaban J connectivity index is 2.60. The number of rotatable bonds is 9. The summed E-state index contributed by atoms with van der Waals surface area (Å²) in [6.07, 6.45) is 0.613. The first-order chi connectivity index (χ1) is 9.50. The van der Waals surface area contributed by atoms with Crippen molar-refractivity contribution in [2.45, 2.75) is 27.2 Å². The Kier molecular flexibility index (Phi) is 7.14. The lowest BCUT2D eigenvalue weighted by Gasteiger charge is -2.20. The molecule has 0 spiro atoms. The highest BCUT2D eigenvalue weighted by Gasteiger charge is 2.27. The number of carbonyl (C=O) groups excluding carboxylic acids is 1. The molecule has 0 bridgehead atoms. The first kappa shape index (κ1) is 17.1. The summed E-state index contributed by atoms with van der Waals surface area (Å²) in [5, 5.41) is 0. The zero-order valence-electron chi connectivity index (χ0n) is 12.4. The van der Waals surface area contributed by atoms with Crippen molar-refractivity contribution in [2.24, 2.45) is 5.92 Å². The van der Waals surface area contributed by atoms with Crippen LogP contribution in [0.3, 0.4) is 0 Å². The van der Waals surface area contributed by atoms with Gasteiger partial charge < -0.3 is 9.05 Å². The number of hydrogen-bond acceptors (Lipinski definition) is 4. The van der Waals surface area contributed by atoms with Crippen LogP contribution in [0, 0.1) is 5.92 Å². The molecule has 20 heavy (non-hydrogen) atoms. The summed E-state index contributed by atoms with van der Waals surface area (Å²) in [5.74, 6) is 0.00397. The van der Waals surface area contributed by atoms with Crippen LogP contribution in [0.4, 0.5) is 0 Å². The van der Waals surface area contributed by atoms with Gasteiger partial charge in [-0.1, -0.05) is 37.3 Å². The van der Waals surface area contributed by atoms with Crippen molar-refractivity contribution in [3.8, 4) is 0 Å². The quantitative estimate of drug-likeness (QED) is 0.507. The minimum absolute atomic E-state index is 0.0494. The molecule has 0 amide bonds. The van der Waals surface area contributed by atoms with Crippen molar-refractivity contribution in [1.29, 1.82) is 0 Å². The van der Waals surface area contributed by atoms with Gasteiger partial charge in [0.05, 0.1) is 19.4 Å². The normalized spacial score (nSPS) is 13.2. The van der Waals surface area contributed by atoms with Crippen LogP contribution >= 0.6 is 7.60 Å². The maximum atomic E-state index is 12.4. The van der Waals surface area contributed by atoms with E-state index in [1.54, 1.807) is 26.0 Å².